The standard InChI is InChI=1S/C15H23N/c16-13-5-7-4-12(13)15-11-6-10(14(7)15)8-2-1-3-9(8)11/h7-15H,1-6,16H2. The molecule has 2 N–H and O–H groups in total. The minimum Gasteiger partial charge on any atom is -0.327 e. The average Bonchev–Trinajstić information content (AvgIpc) is 2.99. The van der Waals surface area contributed by atoms with Crippen LogP contribution in [0.25, 0.3) is 0 Å². The molecule has 0 amide bonds. The zero-order valence-electron chi connectivity index (χ0n) is 10.0. The molecule has 0 heterocycles. The Morgan fingerprint density at radius 1 is 0.688 bits per heavy atom. The quantitative estimate of drug-likeness (QED) is 0.620. The molecule has 88 valence electrons. The summed E-state index contributed by atoms with van der Waals surface area (Å²) >= 11 is 0. The molecule has 5 saturated carbocycles. The van der Waals surface area contributed by atoms with E-state index in [1.807, 2.05) is 0 Å². The lowest BCUT2D eigenvalue weighted by molar-refractivity contribution is 0.0635. The highest BCUT2D eigenvalue weighted by atomic mass is 14.8. The van der Waals surface area contributed by atoms with Crippen LogP contribution in [0.2, 0.25) is 0 Å². The van der Waals surface area contributed by atoms with Crippen molar-refractivity contribution in [1.82, 2.24) is 0 Å². The van der Waals surface area contributed by atoms with Crippen molar-refractivity contribution < 1.29 is 0 Å². The van der Waals surface area contributed by atoms with Gasteiger partial charge >= 0.3 is 0 Å². The highest BCUT2D eigenvalue weighted by molar-refractivity contribution is 5.16. The van der Waals surface area contributed by atoms with Gasteiger partial charge in [-0.1, -0.05) is 6.42 Å². The van der Waals surface area contributed by atoms with Crippen LogP contribution in [0.15, 0.2) is 0 Å². The average molecular weight is 217 g/mol. The van der Waals surface area contributed by atoms with Gasteiger partial charge in [-0.25, -0.2) is 0 Å². The molecular weight excluding hydrogens is 194 g/mol. The van der Waals surface area contributed by atoms with Crippen molar-refractivity contribution in [2.24, 2.45) is 53.1 Å². The van der Waals surface area contributed by atoms with Crippen molar-refractivity contribution in [3.8, 4) is 0 Å². The minimum atomic E-state index is 0.588. The van der Waals surface area contributed by atoms with Crippen LogP contribution in [-0.2, 0) is 0 Å². The molecule has 5 fully saturated rings. The van der Waals surface area contributed by atoms with Gasteiger partial charge < -0.3 is 5.73 Å². The summed E-state index contributed by atoms with van der Waals surface area (Å²) in [4.78, 5) is 0. The number of hydrogen-bond donors (Lipinski definition) is 1. The van der Waals surface area contributed by atoms with Crippen LogP contribution in [0.1, 0.15) is 38.5 Å². The van der Waals surface area contributed by atoms with Crippen LogP contribution < -0.4 is 5.73 Å². The van der Waals surface area contributed by atoms with E-state index < -0.39 is 0 Å². The highest BCUT2D eigenvalue weighted by Crippen LogP contribution is 2.72. The Labute approximate surface area is 98.2 Å². The van der Waals surface area contributed by atoms with E-state index in [-0.39, 0.29) is 0 Å². The summed E-state index contributed by atoms with van der Waals surface area (Å²) in [6.45, 7) is 0. The SMILES string of the molecule is NC1CC2CC1C1C3CC(C4CCCC43)C21. The van der Waals surface area contributed by atoms with Gasteiger partial charge in [0.05, 0.1) is 0 Å². The summed E-state index contributed by atoms with van der Waals surface area (Å²) in [5, 5.41) is 0. The van der Waals surface area contributed by atoms with E-state index in [2.05, 4.69) is 0 Å². The first kappa shape index (κ1) is 8.97. The third kappa shape index (κ3) is 0.805. The van der Waals surface area contributed by atoms with E-state index in [1.165, 1.54) is 18.8 Å². The van der Waals surface area contributed by atoms with E-state index in [9.17, 15) is 0 Å². The molecule has 0 spiro atoms. The van der Waals surface area contributed by atoms with E-state index in [0.717, 1.165) is 41.4 Å². The van der Waals surface area contributed by atoms with E-state index in [4.69, 9.17) is 5.73 Å². The number of nitrogens with two attached hydrogens (primary N) is 1. The predicted octanol–water partition coefficient (Wildman–Crippen LogP) is 2.65. The minimum absolute atomic E-state index is 0.588. The second-order valence-electron chi connectivity index (χ2n) is 7.54. The third-order valence-corrected chi connectivity index (χ3v) is 7.44. The maximum absolute atomic E-state index is 6.34. The molecular formula is C15H23N. The van der Waals surface area contributed by atoms with Crippen LogP contribution in [0.5, 0.6) is 0 Å². The Kier molecular flexibility index (Phi) is 1.50. The Hall–Kier alpha value is -0.0400. The molecule has 9 unspecified atom stereocenters. The van der Waals surface area contributed by atoms with Crippen molar-refractivity contribution in [2.75, 3.05) is 0 Å². The number of rotatable bonds is 0. The van der Waals surface area contributed by atoms with Gasteiger partial charge in [0.25, 0.3) is 0 Å². The van der Waals surface area contributed by atoms with E-state index in [1.54, 1.807) is 25.7 Å². The van der Waals surface area contributed by atoms with Crippen LogP contribution in [-0.4, -0.2) is 6.04 Å². The number of fused-ring (bicyclic) bond motifs is 12. The number of hydrogen-bond acceptors (Lipinski definition) is 1. The second kappa shape index (κ2) is 2.68. The Morgan fingerprint density at radius 3 is 2.25 bits per heavy atom. The predicted molar refractivity (Wildman–Crippen MR) is 63.6 cm³/mol. The zero-order valence-corrected chi connectivity index (χ0v) is 10.0. The highest BCUT2D eigenvalue weighted by Gasteiger charge is 2.67. The van der Waals surface area contributed by atoms with E-state index in [0.29, 0.717) is 6.04 Å². The summed E-state index contributed by atoms with van der Waals surface area (Å²) in [6.07, 6.45) is 9.21. The van der Waals surface area contributed by atoms with Crippen LogP contribution in [0, 0.1) is 47.3 Å². The van der Waals surface area contributed by atoms with Crippen LogP contribution in [0.3, 0.4) is 0 Å². The first-order valence-corrected chi connectivity index (χ1v) is 7.60. The van der Waals surface area contributed by atoms with Crippen molar-refractivity contribution in [3.05, 3.63) is 0 Å². The molecule has 5 aliphatic carbocycles. The summed E-state index contributed by atoms with van der Waals surface area (Å²) < 4.78 is 0. The topological polar surface area (TPSA) is 26.0 Å². The van der Waals surface area contributed by atoms with Crippen molar-refractivity contribution in [1.29, 1.82) is 0 Å². The van der Waals surface area contributed by atoms with Gasteiger partial charge in [0.15, 0.2) is 0 Å². The van der Waals surface area contributed by atoms with Gasteiger partial charge in [-0.15, -0.1) is 0 Å². The summed E-state index contributed by atoms with van der Waals surface area (Å²) in [5.74, 6) is 8.86. The lowest BCUT2D eigenvalue weighted by atomic mass is 9.63. The lowest BCUT2D eigenvalue weighted by Crippen LogP contribution is -2.43. The molecule has 5 aliphatic rings. The van der Waals surface area contributed by atoms with Gasteiger partial charge in [0.2, 0.25) is 0 Å². The molecule has 0 aromatic carbocycles. The van der Waals surface area contributed by atoms with Crippen molar-refractivity contribution >= 4 is 0 Å². The van der Waals surface area contributed by atoms with Gasteiger partial charge in [-0.05, 0) is 79.4 Å². The summed E-state index contributed by atoms with van der Waals surface area (Å²) in [5.41, 5.74) is 6.34. The van der Waals surface area contributed by atoms with Gasteiger partial charge in [-0.3, -0.25) is 0 Å². The first-order chi connectivity index (χ1) is 7.84. The largest absolute Gasteiger partial charge is 0.327 e. The van der Waals surface area contributed by atoms with Gasteiger partial charge in [0.1, 0.15) is 0 Å². The van der Waals surface area contributed by atoms with E-state index >= 15 is 0 Å². The molecule has 0 radical (unpaired) electrons. The summed E-state index contributed by atoms with van der Waals surface area (Å²) in [7, 11) is 0. The zero-order chi connectivity index (χ0) is 10.4. The van der Waals surface area contributed by atoms with Crippen molar-refractivity contribution in [2.45, 2.75) is 44.6 Å². The van der Waals surface area contributed by atoms with Crippen LogP contribution in [0.4, 0.5) is 0 Å². The van der Waals surface area contributed by atoms with Gasteiger partial charge in [0, 0.05) is 6.04 Å². The fourth-order valence-electron chi connectivity index (χ4n) is 7.37. The fraction of sp³-hybridized carbons (Fsp3) is 1.00. The maximum Gasteiger partial charge on any atom is 0.00728 e. The molecule has 0 aromatic rings. The molecule has 4 bridgehead atoms. The van der Waals surface area contributed by atoms with Crippen molar-refractivity contribution in [3.63, 3.8) is 0 Å². The van der Waals surface area contributed by atoms with Gasteiger partial charge in [-0.2, -0.15) is 0 Å². The fourth-order valence-corrected chi connectivity index (χ4v) is 7.37. The first-order valence-electron chi connectivity index (χ1n) is 7.60. The normalized spacial score (nSPS) is 69.9. The Morgan fingerprint density at radius 2 is 1.44 bits per heavy atom. The molecule has 5 rings (SSSR count). The molecule has 9 atom stereocenters. The smallest absolute Gasteiger partial charge is 0.00728 e. The molecule has 1 nitrogen and oxygen atoms in total. The lowest BCUT2D eigenvalue weighted by Gasteiger charge is -2.42. The Bertz CT molecular complexity index is 338. The Balaban J connectivity index is 1.57. The monoisotopic (exact) mass is 217 g/mol. The third-order valence-electron chi connectivity index (χ3n) is 7.44. The summed E-state index contributed by atoms with van der Waals surface area (Å²) in [6, 6.07) is 0.588. The molecule has 0 saturated heterocycles. The molecule has 1 heteroatoms. The molecule has 0 aromatic heterocycles. The van der Waals surface area contributed by atoms with Crippen LogP contribution >= 0.6 is 0 Å². The second-order valence-corrected chi connectivity index (χ2v) is 7.54. The molecule has 0 aliphatic heterocycles. The maximum atomic E-state index is 6.34. The molecule has 16 heavy (non-hydrogen) atoms.